The first-order valence-electron chi connectivity index (χ1n) is 11.4. The second-order valence-corrected chi connectivity index (χ2v) is 8.35. The smallest absolute Gasteiger partial charge is 0.258 e. The molecule has 7 heteroatoms. The Kier molecular flexibility index (Phi) is 6.62. The van der Waals surface area contributed by atoms with Crippen molar-refractivity contribution in [3.63, 3.8) is 0 Å². The van der Waals surface area contributed by atoms with E-state index in [4.69, 9.17) is 9.47 Å². The second kappa shape index (κ2) is 10.3. The molecule has 0 radical (unpaired) electrons. The highest BCUT2D eigenvalue weighted by Crippen LogP contribution is 2.33. The summed E-state index contributed by atoms with van der Waals surface area (Å²) < 4.78 is 24.0. The fraction of sp³-hybridized carbons (Fsp3) is 0.103. The standard InChI is InChI=1S/C29H23FN2O4/c30-23-10-12-24(13-11-23)31-28(33)16-21-7-4-8-25(15-21)32(18-20-5-2-1-3-6-20)29(34)22-9-14-26-27(17-22)36-19-35-26/h1-15,17H,16,18-19H2,(H,31,33). The molecule has 5 rings (SSSR count). The number of benzene rings is 4. The third-order valence-electron chi connectivity index (χ3n) is 5.76. The predicted molar refractivity (Wildman–Crippen MR) is 135 cm³/mol. The number of hydrogen-bond donors (Lipinski definition) is 1. The monoisotopic (exact) mass is 482 g/mol. The fourth-order valence-corrected chi connectivity index (χ4v) is 3.99. The minimum absolute atomic E-state index is 0.0998. The van der Waals surface area contributed by atoms with Gasteiger partial charge < -0.3 is 19.7 Å². The highest BCUT2D eigenvalue weighted by Gasteiger charge is 2.22. The number of ether oxygens (including phenoxy) is 2. The van der Waals surface area contributed by atoms with Gasteiger partial charge in [0.05, 0.1) is 13.0 Å². The fourth-order valence-electron chi connectivity index (χ4n) is 3.99. The van der Waals surface area contributed by atoms with Crippen molar-refractivity contribution < 1.29 is 23.5 Å². The van der Waals surface area contributed by atoms with E-state index >= 15 is 0 Å². The van der Waals surface area contributed by atoms with Crippen molar-refractivity contribution in [3.8, 4) is 11.5 Å². The summed E-state index contributed by atoms with van der Waals surface area (Å²) >= 11 is 0. The Bertz CT molecular complexity index is 1390. The Balaban J connectivity index is 1.40. The third kappa shape index (κ3) is 5.36. The van der Waals surface area contributed by atoms with E-state index in [2.05, 4.69) is 5.32 Å². The number of carbonyl (C=O) groups is 2. The summed E-state index contributed by atoms with van der Waals surface area (Å²) in [6.07, 6.45) is 0.0998. The predicted octanol–water partition coefficient (Wildman–Crippen LogP) is 5.58. The molecule has 1 N–H and O–H groups in total. The molecule has 4 aromatic rings. The van der Waals surface area contributed by atoms with Gasteiger partial charge in [-0.1, -0.05) is 42.5 Å². The van der Waals surface area contributed by atoms with Crippen LogP contribution < -0.4 is 19.7 Å². The number of halogens is 1. The van der Waals surface area contributed by atoms with Gasteiger partial charge in [0.15, 0.2) is 11.5 Å². The average molecular weight is 483 g/mol. The highest BCUT2D eigenvalue weighted by atomic mass is 19.1. The summed E-state index contributed by atoms with van der Waals surface area (Å²) in [5.41, 5.74) is 3.35. The van der Waals surface area contributed by atoms with Gasteiger partial charge in [-0.05, 0) is 65.7 Å². The maximum absolute atomic E-state index is 13.7. The zero-order chi connectivity index (χ0) is 24.9. The summed E-state index contributed by atoms with van der Waals surface area (Å²) in [5, 5.41) is 2.77. The number of nitrogens with zero attached hydrogens (tertiary/aromatic N) is 1. The number of anilines is 2. The van der Waals surface area contributed by atoms with Gasteiger partial charge in [0.2, 0.25) is 12.7 Å². The van der Waals surface area contributed by atoms with Gasteiger partial charge in [0.1, 0.15) is 5.82 Å². The first-order chi connectivity index (χ1) is 17.5. The van der Waals surface area contributed by atoms with Crippen LogP contribution in [0.25, 0.3) is 0 Å². The van der Waals surface area contributed by atoms with Crippen LogP contribution in [0.2, 0.25) is 0 Å². The Morgan fingerprint density at radius 1 is 0.806 bits per heavy atom. The number of amides is 2. The molecule has 1 aliphatic heterocycles. The van der Waals surface area contributed by atoms with Gasteiger partial charge in [-0.25, -0.2) is 4.39 Å². The van der Waals surface area contributed by atoms with Crippen molar-refractivity contribution in [1.82, 2.24) is 0 Å². The molecule has 2 amide bonds. The first-order valence-corrected chi connectivity index (χ1v) is 11.4. The molecule has 0 bridgehead atoms. The molecule has 0 unspecified atom stereocenters. The topological polar surface area (TPSA) is 67.9 Å². The van der Waals surface area contributed by atoms with Crippen LogP contribution in [-0.4, -0.2) is 18.6 Å². The molecule has 0 spiro atoms. The van der Waals surface area contributed by atoms with Crippen LogP contribution in [-0.2, 0) is 17.8 Å². The molecule has 4 aromatic carbocycles. The van der Waals surface area contributed by atoms with E-state index in [0.29, 0.717) is 35.0 Å². The van der Waals surface area contributed by atoms with Crippen molar-refractivity contribution in [2.24, 2.45) is 0 Å². The lowest BCUT2D eigenvalue weighted by Gasteiger charge is -2.24. The van der Waals surface area contributed by atoms with Crippen LogP contribution in [0.15, 0.2) is 97.1 Å². The molecule has 36 heavy (non-hydrogen) atoms. The van der Waals surface area contributed by atoms with Crippen LogP contribution in [0, 0.1) is 5.82 Å². The van der Waals surface area contributed by atoms with Crippen LogP contribution in [0.3, 0.4) is 0 Å². The zero-order valence-electron chi connectivity index (χ0n) is 19.3. The Morgan fingerprint density at radius 3 is 2.36 bits per heavy atom. The number of rotatable bonds is 7. The van der Waals surface area contributed by atoms with Gasteiger partial charge in [-0.2, -0.15) is 0 Å². The summed E-state index contributed by atoms with van der Waals surface area (Å²) in [4.78, 5) is 27.9. The van der Waals surface area contributed by atoms with Gasteiger partial charge >= 0.3 is 0 Å². The van der Waals surface area contributed by atoms with Crippen molar-refractivity contribution in [2.75, 3.05) is 17.0 Å². The summed E-state index contributed by atoms with van der Waals surface area (Å²) in [6, 6.07) is 27.7. The normalized spacial score (nSPS) is 11.7. The number of fused-ring (bicyclic) bond motifs is 1. The van der Waals surface area contributed by atoms with Gasteiger partial charge in [0.25, 0.3) is 5.91 Å². The Labute approximate surface area is 207 Å². The van der Waals surface area contributed by atoms with Gasteiger partial charge in [-0.3, -0.25) is 9.59 Å². The van der Waals surface area contributed by atoms with Crippen molar-refractivity contribution >= 4 is 23.2 Å². The van der Waals surface area contributed by atoms with Gasteiger partial charge in [0, 0.05) is 16.9 Å². The van der Waals surface area contributed by atoms with Gasteiger partial charge in [-0.15, -0.1) is 0 Å². The van der Waals surface area contributed by atoms with E-state index in [1.165, 1.54) is 24.3 Å². The number of carbonyl (C=O) groups excluding carboxylic acids is 2. The maximum Gasteiger partial charge on any atom is 0.258 e. The molecule has 6 nitrogen and oxygen atoms in total. The number of hydrogen-bond acceptors (Lipinski definition) is 4. The molecule has 0 fully saturated rings. The Hall–Kier alpha value is -4.65. The Morgan fingerprint density at radius 2 is 1.56 bits per heavy atom. The van der Waals surface area contributed by atoms with Crippen LogP contribution >= 0.6 is 0 Å². The van der Waals surface area contributed by atoms with E-state index in [0.717, 1.165) is 11.1 Å². The minimum atomic E-state index is -0.369. The number of nitrogens with one attached hydrogen (secondary N) is 1. The quantitative estimate of drug-likeness (QED) is 0.373. The first kappa shape index (κ1) is 23.1. The molecule has 0 atom stereocenters. The van der Waals surface area contributed by atoms with Crippen molar-refractivity contribution in [3.05, 3.63) is 120 Å². The lowest BCUT2D eigenvalue weighted by Crippen LogP contribution is -2.30. The minimum Gasteiger partial charge on any atom is -0.454 e. The van der Waals surface area contributed by atoms with Crippen LogP contribution in [0.1, 0.15) is 21.5 Å². The van der Waals surface area contributed by atoms with Crippen molar-refractivity contribution in [1.29, 1.82) is 0 Å². The van der Waals surface area contributed by atoms with Crippen molar-refractivity contribution in [2.45, 2.75) is 13.0 Å². The van der Waals surface area contributed by atoms with E-state index < -0.39 is 0 Å². The SMILES string of the molecule is O=C(Cc1cccc(N(Cc2ccccc2)C(=O)c2ccc3c(c2)OCO3)c1)Nc1ccc(F)cc1. The molecule has 0 aromatic heterocycles. The molecular formula is C29H23FN2O4. The van der Waals surface area contributed by atoms with Crippen LogP contribution in [0.5, 0.6) is 11.5 Å². The second-order valence-electron chi connectivity index (χ2n) is 8.35. The average Bonchev–Trinajstić information content (AvgIpc) is 3.37. The third-order valence-corrected chi connectivity index (χ3v) is 5.76. The lowest BCUT2D eigenvalue weighted by molar-refractivity contribution is -0.115. The summed E-state index contributed by atoms with van der Waals surface area (Å²) in [7, 11) is 0. The van der Waals surface area contributed by atoms with E-state index in [-0.39, 0.29) is 30.8 Å². The highest BCUT2D eigenvalue weighted by molar-refractivity contribution is 6.06. The molecule has 0 saturated heterocycles. The largest absolute Gasteiger partial charge is 0.454 e. The lowest BCUT2D eigenvalue weighted by atomic mass is 10.1. The van der Waals surface area contributed by atoms with E-state index in [1.807, 2.05) is 54.6 Å². The summed E-state index contributed by atoms with van der Waals surface area (Å²) in [5.74, 6) is 0.328. The molecule has 0 saturated carbocycles. The molecule has 180 valence electrons. The van der Waals surface area contributed by atoms with E-state index in [1.54, 1.807) is 23.1 Å². The molecule has 1 aliphatic rings. The van der Waals surface area contributed by atoms with Crippen LogP contribution in [0.4, 0.5) is 15.8 Å². The maximum atomic E-state index is 13.7. The van der Waals surface area contributed by atoms with E-state index in [9.17, 15) is 14.0 Å². The molecule has 1 heterocycles. The molecular weight excluding hydrogens is 459 g/mol. The zero-order valence-corrected chi connectivity index (χ0v) is 19.3. The molecule has 0 aliphatic carbocycles. The summed E-state index contributed by atoms with van der Waals surface area (Å²) in [6.45, 7) is 0.474.